The second kappa shape index (κ2) is 4.92. The number of methoxy groups -OCH3 is 2. The molecule has 0 spiro atoms. The highest BCUT2D eigenvalue weighted by Crippen LogP contribution is 2.60. The smallest absolute Gasteiger partial charge is 0.323 e. The number of carbonyl (C=O) groups is 2. The molecular weight excluding hydrogens is 266 g/mol. The van der Waals surface area contributed by atoms with Gasteiger partial charge in [-0.15, -0.1) is 0 Å². The van der Waals surface area contributed by atoms with Gasteiger partial charge >= 0.3 is 11.9 Å². The number of nitro benzene ring substituents is 1. The van der Waals surface area contributed by atoms with Gasteiger partial charge in [0.15, 0.2) is 5.41 Å². The third-order valence-electron chi connectivity index (χ3n) is 3.57. The van der Waals surface area contributed by atoms with E-state index in [9.17, 15) is 19.7 Å². The molecule has 0 heterocycles. The molecule has 1 fully saturated rings. The average molecular weight is 279 g/mol. The summed E-state index contributed by atoms with van der Waals surface area (Å²) in [6.45, 7) is 0. The van der Waals surface area contributed by atoms with Gasteiger partial charge in [0, 0.05) is 18.1 Å². The molecule has 0 amide bonds. The van der Waals surface area contributed by atoms with E-state index in [0.717, 1.165) is 0 Å². The normalized spacial score (nSPS) is 19.0. The van der Waals surface area contributed by atoms with Gasteiger partial charge in [-0.05, 0) is 12.0 Å². The van der Waals surface area contributed by atoms with Crippen LogP contribution < -0.4 is 0 Å². The summed E-state index contributed by atoms with van der Waals surface area (Å²) in [6.07, 6.45) is 0.282. The largest absolute Gasteiger partial charge is 0.468 e. The van der Waals surface area contributed by atoms with E-state index < -0.39 is 22.3 Å². The van der Waals surface area contributed by atoms with Crippen molar-refractivity contribution in [2.75, 3.05) is 14.2 Å². The van der Waals surface area contributed by atoms with Gasteiger partial charge in [-0.2, -0.15) is 0 Å². The predicted molar refractivity (Wildman–Crippen MR) is 66.9 cm³/mol. The highest BCUT2D eigenvalue weighted by atomic mass is 16.6. The maximum atomic E-state index is 11.8. The molecule has 20 heavy (non-hydrogen) atoms. The minimum atomic E-state index is -1.32. The third-order valence-corrected chi connectivity index (χ3v) is 3.57. The first kappa shape index (κ1) is 14.0. The number of esters is 2. The van der Waals surface area contributed by atoms with Crippen molar-refractivity contribution in [1.82, 2.24) is 0 Å². The van der Waals surface area contributed by atoms with Crippen molar-refractivity contribution in [3.8, 4) is 0 Å². The summed E-state index contributed by atoms with van der Waals surface area (Å²) >= 11 is 0. The van der Waals surface area contributed by atoms with Crippen molar-refractivity contribution in [3.05, 3.63) is 39.9 Å². The summed E-state index contributed by atoms with van der Waals surface area (Å²) in [5.74, 6) is -1.66. The molecule has 0 bridgehead atoms. The Hall–Kier alpha value is -2.44. The molecule has 7 nitrogen and oxygen atoms in total. The van der Waals surface area contributed by atoms with Crippen LogP contribution in [0.5, 0.6) is 0 Å². The predicted octanol–water partition coefficient (Wildman–Crippen LogP) is 1.41. The third kappa shape index (κ3) is 2.01. The Balaban J connectivity index is 2.28. The first-order valence-electron chi connectivity index (χ1n) is 5.88. The Morgan fingerprint density at radius 3 is 2.10 bits per heavy atom. The van der Waals surface area contributed by atoms with Crippen LogP contribution in [0, 0.1) is 15.5 Å². The van der Waals surface area contributed by atoms with E-state index in [1.165, 1.54) is 38.5 Å². The lowest BCUT2D eigenvalue weighted by atomic mass is 9.99. The van der Waals surface area contributed by atoms with Crippen LogP contribution in [0.15, 0.2) is 24.3 Å². The highest BCUT2D eigenvalue weighted by Gasteiger charge is 2.68. The molecule has 1 aliphatic carbocycles. The van der Waals surface area contributed by atoms with Crippen LogP contribution in [0.1, 0.15) is 17.9 Å². The molecule has 0 saturated heterocycles. The van der Waals surface area contributed by atoms with E-state index >= 15 is 0 Å². The first-order valence-corrected chi connectivity index (χ1v) is 5.88. The van der Waals surface area contributed by atoms with Crippen LogP contribution in [0.3, 0.4) is 0 Å². The monoisotopic (exact) mass is 279 g/mol. The van der Waals surface area contributed by atoms with Crippen LogP contribution in [0.2, 0.25) is 0 Å². The molecule has 1 aliphatic rings. The fourth-order valence-corrected chi connectivity index (χ4v) is 2.39. The van der Waals surface area contributed by atoms with E-state index in [0.29, 0.717) is 5.56 Å². The van der Waals surface area contributed by atoms with Gasteiger partial charge in [0.05, 0.1) is 19.1 Å². The van der Waals surface area contributed by atoms with E-state index in [1.54, 1.807) is 0 Å². The van der Waals surface area contributed by atoms with Crippen molar-refractivity contribution in [3.63, 3.8) is 0 Å². The Morgan fingerprint density at radius 2 is 1.70 bits per heavy atom. The Labute approximate surface area is 114 Å². The molecule has 0 aromatic heterocycles. The summed E-state index contributed by atoms with van der Waals surface area (Å²) < 4.78 is 9.33. The molecule has 7 heteroatoms. The minimum absolute atomic E-state index is 0.0452. The molecule has 0 radical (unpaired) electrons. The number of hydrogen-bond acceptors (Lipinski definition) is 6. The average Bonchev–Trinajstić information content (AvgIpc) is 3.22. The number of ether oxygens (including phenoxy) is 2. The number of benzene rings is 1. The standard InChI is InChI=1S/C13H13NO6/c1-19-11(15)13(12(16)20-2)7-10(13)8-3-5-9(6-4-8)14(17)18/h3-6,10H,7H2,1-2H3. The zero-order chi connectivity index (χ0) is 14.9. The van der Waals surface area contributed by atoms with Crippen molar-refractivity contribution < 1.29 is 24.0 Å². The van der Waals surface area contributed by atoms with Crippen molar-refractivity contribution in [2.45, 2.75) is 12.3 Å². The maximum Gasteiger partial charge on any atom is 0.323 e. The Kier molecular flexibility index (Phi) is 3.44. The molecule has 1 atom stereocenters. The van der Waals surface area contributed by atoms with Gasteiger partial charge in [0.1, 0.15) is 0 Å². The SMILES string of the molecule is COC(=O)C1(C(=O)OC)CC1c1ccc([N+](=O)[O-])cc1. The summed E-state index contributed by atoms with van der Waals surface area (Å²) in [7, 11) is 2.41. The lowest BCUT2D eigenvalue weighted by molar-refractivity contribution is -0.384. The van der Waals surface area contributed by atoms with Crippen LogP contribution in [-0.2, 0) is 19.1 Å². The van der Waals surface area contributed by atoms with E-state index in [4.69, 9.17) is 0 Å². The number of carbonyl (C=O) groups excluding carboxylic acids is 2. The van der Waals surface area contributed by atoms with Crippen LogP contribution in [0.4, 0.5) is 5.69 Å². The second-order valence-electron chi connectivity index (χ2n) is 4.56. The molecular formula is C13H13NO6. The molecule has 106 valence electrons. The summed E-state index contributed by atoms with van der Waals surface area (Å²) in [5.41, 5.74) is -0.692. The van der Waals surface area contributed by atoms with E-state index in [-0.39, 0.29) is 18.0 Å². The first-order chi connectivity index (χ1) is 9.47. The molecule has 0 aliphatic heterocycles. The van der Waals surface area contributed by atoms with E-state index in [1.807, 2.05) is 0 Å². The van der Waals surface area contributed by atoms with Crippen molar-refractivity contribution in [2.24, 2.45) is 5.41 Å². The van der Waals surface area contributed by atoms with Gasteiger partial charge in [-0.25, -0.2) is 0 Å². The lowest BCUT2D eigenvalue weighted by Crippen LogP contribution is -2.30. The molecule has 2 rings (SSSR count). The van der Waals surface area contributed by atoms with Crippen molar-refractivity contribution in [1.29, 1.82) is 0 Å². The quantitative estimate of drug-likeness (QED) is 0.358. The summed E-state index contributed by atoms with van der Waals surface area (Å²) in [6, 6.07) is 5.76. The van der Waals surface area contributed by atoms with Crippen molar-refractivity contribution >= 4 is 17.6 Å². The number of hydrogen-bond donors (Lipinski definition) is 0. The van der Waals surface area contributed by atoms with Crippen LogP contribution in [0.25, 0.3) is 0 Å². The second-order valence-corrected chi connectivity index (χ2v) is 4.56. The van der Waals surface area contributed by atoms with Gasteiger partial charge in [0.25, 0.3) is 5.69 Å². The van der Waals surface area contributed by atoms with Gasteiger partial charge < -0.3 is 9.47 Å². The van der Waals surface area contributed by atoms with Gasteiger partial charge in [-0.1, -0.05) is 12.1 Å². The van der Waals surface area contributed by atoms with Crippen LogP contribution in [-0.4, -0.2) is 31.1 Å². The minimum Gasteiger partial charge on any atom is -0.468 e. The highest BCUT2D eigenvalue weighted by molar-refractivity contribution is 6.05. The number of nitrogens with zero attached hydrogens (tertiary/aromatic N) is 1. The Bertz CT molecular complexity index is 549. The zero-order valence-electron chi connectivity index (χ0n) is 11.0. The maximum absolute atomic E-state index is 11.8. The molecule has 0 N–H and O–H groups in total. The topological polar surface area (TPSA) is 95.7 Å². The Morgan fingerprint density at radius 1 is 1.20 bits per heavy atom. The van der Waals surface area contributed by atoms with Gasteiger partial charge in [-0.3, -0.25) is 19.7 Å². The summed E-state index contributed by atoms with van der Waals surface area (Å²) in [5, 5.41) is 10.6. The fraction of sp³-hybridized carbons (Fsp3) is 0.385. The molecule has 1 unspecified atom stereocenters. The fourth-order valence-electron chi connectivity index (χ4n) is 2.39. The molecule has 1 saturated carbocycles. The molecule has 1 aromatic rings. The zero-order valence-corrected chi connectivity index (χ0v) is 11.0. The van der Waals surface area contributed by atoms with E-state index in [2.05, 4.69) is 9.47 Å². The lowest BCUT2D eigenvalue weighted by Gasteiger charge is -2.12. The summed E-state index contributed by atoms with van der Waals surface area (Å²) in [4.78, 5) is 33.7. The number of nitro groups is 1. The van der Waals surface area contributed by atoms with Gasteiger partial charge in [0.2, 0.25) is 0 Å². The van der Waals surface area contributed by atoms with Crippen LogP contribution >= 0.6 is 0 Å². The number of non-ortho nitro benzene ring substituents is 1. The molecule has 1 aromatic carbocycles. The number of rotatable bonds is 4.